The Balaban J connectivity index is 1.40. The van der Waals surface area contributed by atoms with Crippen LogP contribution in [0.1, 0.15) is 47.0 Å². The highest BCUT2D eigenvalue weighted by Crippen LogP contribution is 2.53. The lowest BCUT2D eigenvalue weighted by Gasteiger charge is -2.44. The molecule has 23 heteroatoms. The Morgan fingerprint density at radius 1 is 0.554 bits per heavy atom. The van der Waals surface area contributed by atoms with Crippen LogP contribution in [0.5, 0.6) is 74.7 Å². The largest absolute Gasteiger partial charge is 0.508 e. The van der Waals surface area contributed by atoms with Crippen LogP contribution in [0.2, 0.25) is 0 Å². The van der Waals surface area contributed by atoms with E-state index < -0.39 is 164 Å². The quantitative estimate of drug-likeness (QED) is 0.0604. The number of ether oxygens (including phenoxy) is 6. The van der Waals surface area contributed by atoms with Gasteiger partial charge in [0.25, 0.3) is 0 Å². The van der Waals surface area contributed by atoms with Crippen molar-refractivity contribution in [1.29, 1.82) is 0 Å². The minimum Gasteiger partial charge on any atom is -0.508 e. The van der Waals surface area contributed by atoms with Crippen LogP contribution in [0.15, 0.2) is 60.7 Å². The molecule has 340 valence electrons. The topological polar surface area (TPSA) is 387 Å². The van der Waals surface area contributed by atoms with Crippen LogP contribution < -0.4 is 0 Å². The molecule has 0 aliphatic carbocycles. The molecule has 0 amide bonds. The lowest BCUT2D eigenvalue weighted by atomic mass is 9.92. The Kier molecular flexibility index (Phi) is 11.8. The summed E-state index contributed by atoms with van der Waals surface area (Å²) in [5, 5.41) is 134. The molecule has 2 heterocycles. The number of cyclic esters (lactones) is 1. The average molecular weight is 907 g/mol. The van der Waals surface area contributed by atoms with Gasteiger partial charge in [-0.2, -0.15) is 0 Å². The van der Waals surface area contributed by atoms with Gasteiger partial charge in [0, 0.05) is 11.1 Å². The SMILES string of the molecule is O=C(O[C@@H]1[C@@H](OC(=O)c2cc(O)c(O)c(O)c2)[C@H](OCCc2ccc(O)cc2)O[C@@H]2COC(=O)c3cc(O)c(O)c(O)c3-c3c(cc(O)c(O)c3O)C(=O)O[C@@H]12)c1cc(O)c(O)c(O)c1. The predicted octanol–water partition coefficient (Wildman–Crippen LogP) is 2.66. The summed E-state index contributed by atoms with van der Waals surface area (Å²) in [5.41, 5.74) is -4.60. The molecule has 5 aromatic rings. The third kappa shape index (κ3) is 8.46. The van der Waals surface area contributed by atoms with Gasteiger partial charge in [-0.15, -0.1) is 0 Å². The maximum absolute atomic E-state index is 14.4. The molecule has 0 radical (unpaired) electrons. The van der Waals surface area contributed by atoms with E-state index in [2.05, 4.69) is 0 Å². The van der Waals surface area contributed by atoms with Gasteiger partial charge in [-0.05, 0) is 60.5 Å². The van der Waals surface area contributed by atoms with Crippen molar-refractivity contribution in [3.05, 3.63) is 88.5 Å². The molecule has 7 rings (SSSR count). The fourth-order valence-corrected chi connectivity index (χ4v) is 6.87. The van der Waals surface area contributed by atoms with E-state index in [9.17, 15) is 85.6 Å². The summed E-state index contributed by atoms with van der Waals surface area (Å²) in [6.07, 6.45) is -10.4. The summed E-state index contributed by atoms with van der Waals surface area (Å²) in [6.45, 7) is -1.39. The second kappa shape index (κ2) is 17.2. The Hall–Kier alpha value is -8.70. The summed E-state index contributed by atoms with van der Waals surface area (Å²) in [5.74, 6) is -20.0. The summed E-state index contributed by atoms with van der Waals surface area (Å²) >= 11 is 0. The zero-order valence-corrected chi connectivity index (χ0v) is 32.7. The van der Waals surface area contributed by atoms with Crippen molar-refractivity contribution in [2.24, 2.45) is 0 Å². The van der Waals surface area contributed by atoms with E-state index in [0.717, 1.165) is 0 Å². The Morgan fingerprint density at radius 2 is 1.00 bits per heavy atom. The molecule has 0 aromatic heterocycles. The molecule has 5 aromatic carbocycles. The number of benzene rings is 5. The number of carbonyl (C=O) groups excluding carboxylic acids is 4. The number of phenolic OH excluding ortho intramolecular Hbond substituents is 13. The molecule has 1 fully saturated rings. The van der Waals surface area contributed by atoms with E-state index in [1.807, 2.05) is 0 Å². The van der Waals surface area contributed by atoms with E-state index >= 15 is 0 Å². The fraction of sp³-hybridized carbons (Fsp3) is 0.190. The van der Waals surface area contributed by atoms with Gasteiger partial charge < -0.3 is 94.8 Å². The molecule has 0 saturated carbocycles. The van der Waals surface area contributed by atoms with Crippen LogP contribution in [0.25, 0.3) is 11.1 Å². The summed E-state index contributed by atoms with van der Waals surface area (Å²) in [4.78, 5) is 56.1. The van der Waals surface area contributed by atoms with Crippen LogP contribution in [0.3, 0.4) is 0 Å². The number of hydrogen-bond acceptors (Lipinski definition) is 23. The molecule has 0 bridgehead atoms. The van der Waals surface area contributed by atoms with Crippen molar-refractivity contribution in [3.8, 4) is 85.9 Å². The summed E-state index contributed by atoms with van der Waals surface area (Å²) < 4.78 is 34.8. The van der Waals surface area contributed by atoms with Gasteiger partial charge in [-0.3, -0.25) is 0 Å². The number of rotatable bonds is 8. The van der Waals surface area contributed by atoms with Gasteiger partial charge in [0.1, 0.15) is 18.5 Å². The van der Waals surface area contributed by atoms with Gasteiger partial charge in [0.15, 0.2) is 82.1 Å². The van der Waals surface area contributed by atoms with Crippen molar-refractivity contribution in [2.75, 3.05) is 13.2 Å². The maximum atomic E-state index is 14.4. The van der Waals surface area contributed by atoms with E-state index in [1.54, 1.807) is 0 Å². The Morgan fingerprint density at radius 3 is 1.49 bits per heavy atom. The Labute approximate surface area is 362 Å². The highest BCUT2D eigenvalue weighted by Gasteiger charge is 2.54. The van der Waals surface area contributed by atoms with Gasteiger partial charge in [-0.25, -0.2) is 19.2 Å². The van der Waals surface area contributed by atoms with Crippen LogP contribution in [-0.2, 0) is 34.8 Å². The van der Waals surface area contributed by atoms with Crippen LogP contribution in [-0.4, -0.2) is 134 Å². The van der Waals surface area contributed by atoms with Crippen molar-refractivity contribution in [3.63, 3.8) is 0 Å². The number of hydrogen-bond donors (Lipinski definition) is 13. The molecule has 5 atom stereocenters. The van der Waals surface area contributed by atoms with Gasteiger partial charge in [0.05, 0.1) is 28.9 Å². The minimum absolute atomic E-state index is 0.0440. The van der Waals surface area contributed by atoms with Crippen molar-refractivity contribution in [1.82, 2.24) is 0 Å². The molecule has 13 N–H and O–H groups in total. The molecule has 2 aliphatic heterocycles. The maximum Gasteiger partial charge on any atom is 0.339 e. The number of phenols is 13. The lowest BCUT2D eigenvalue weighted by molar-refractivity contribution is -0.298. The van der Waals surface area contributed by atoms with Crippen molar-refractivity contribution >= 4 is 23.9 Å². The first kappa shape index (κ1) is 44.4. The van der Waals surface area contributed by atoms with Crippen molar-refractivity contribution in [2.45, 2.75) is 37.1 Å². The smallest absolute Gasteiger partial charge is 0.339 e. The second-order valence-electron chi connectivity index (χ2n) is 14.3. The molecule has 1 saturated heterocycles. The first-order chi connectivity index (χ1) is 30.7. The van der Waals surface area contributed by atoms with Crippen LogP contribution in [0, 0.1) is 0 Å². The van der Waals surface area contributed by atoms with Crippen LogP contribution >= 0.6 is 0 Å². The molecule has 23 nitrogen and oxygen atoms in total. The van der Waals surface area contributed by atoms with Gasteiger partial charge in [-0.1, -0.05) is 12.1 Å². The highest BCUT2D eigenvalue weighted by atomic mass is 16.7. The first-order valence-corrected chi connectivity index (χ1v) is 18.7. The van der Waals surface area contributed by atoms with E-state index in [0.29, 0.717) is 42.0 Å². The monoisotopic (exact) mass is 906 g/mol. The lowest BCUT2D eigenvalue weighted by Crippen LogP contribution is -2.63. The van der Waals surface area contributed by atoms with Gasteiger partial charge in [0.2, 0.25) is 11.5 Å². The molecular formula is C42H34O23. The number of aromatic hydroxyl groups is 13. The van der Waals surface area contributed by atoms with E-state index in [1.165, 1.54) is 24.3 Å². The Bertz CT molecular complexity index is 2700. The van der Waals surface area contributed by atoms with Crippen molar-refractivity contribution < 1.29 is 114 Å². The summed E-state index contributed by atoms with van der Waals surface area (Å²) in [6, 6.07) is 9.41. The number of esters is 4. The third-order valence-electron chi connectivity index (χ3n) is 10.1. The fourth-order valence-electron chi connectivity index (χ4n) is 6.87. The number of carbonyl (C=O) groups is 4. The first-order valence-electron chi connectivity index (χ1n) is 18.7. The number of fused-ring (bicyclic) bond motifs is 4. The third-order valence-corrected chi connectivity index (χ3v) is 10.1. The molecule has 65 heavy (non-hydrogen) atoms. The van der Waals surface area contributed by atoms with Crippen LogP contribution in [0.4, 0.5) is 0 Å². The molecule has 2 aliphatic rings. The summed E-state index contributed by atoms with van der Waals surface area (Å²) in [7, 11) is 0. The van der Waals surface area contributed by atoms with E-state index in [-0.39, 0.29) is 18.8 Å². The molecular weight excluding hydrogens is 872 g/mol. The molecule has 0 spiro atoms. The average Bonchev–Trinajstić information content (AvgIpc) is 3.28. The predicted molar refractivity (Wildman–Crippen MR) is 209 cm³/mol. The molecule has 0 unspecified atom stereocenters. The van der Waals surface area contributed by atoms with E-state index in [4.69, 9.17) is 28.4 Å². The second-order valence-corrected chi connectivity index (χ2v) is 14.3. The minimum atomic E-state index is -2.25. The zero-order valence-electron chi connectivity index (χ0n) is 32.7. The van der Waals surface area contributed by atoms with Gasteiger partial charge >= 0.3 is 23.9 Å². The zero-order chi connectivity index (χ0) is 47.2. The standard InChI is InChI=1S/C42H34O23/c43-17-3-1-14(2-4-17)5-6-60-42-37(65-39(57)16-9-22(46)30(51)23(47)10-16)36(64-38(56)15-7-20(44)29(50)21(45)8-15)35-26(62-42)13-61-40(58)18-11-24(48)31(52)33(54)27(18)28-19(41(59)63-35)12-25(49)32(53)34(28)55/h1-4,7-12,26,35-37,42-55H,5-6,13H2/t26-,35-,36+,37-,42-/m1/s1. The normalized spacial score (nSPS) is 19.3. The highest BCUT2D eigenvalue weighted by molar-refractivity contribution is 6.08.